The lowest BCUT2D eigenvalue weighted by Crippen LogP contribution is -2.94. The molecule has 0 spiro atoms. The van der Waals surface area contributed by atoms with Gasteiger partial charge in [0.25, 0.3) is 0 Å². The molecule has 3 aliphatic rings. The third-order valence-electron chi connectivity index (χ3n) is 10.8. The summed E-state index contributed by atoms with van der Waals surface area (Å²) in [5, 5.41) is 32.7. The molecule has 1 saturated heterocycles. The minimum Gasteiger partial charge on any atom is -0.462 e. The Morgan fingerprint density at radius 3 is 2.31 bits per heavy atom. The number of hydrogen-bond acceptors (Lipinski definition) is 9. The predicted octanol–water partition coefficient (Wildman–Crippen LogP) is 2.89. The molecule has 2 saturated carbocycles. The molecule has 7 N–H and O–H groups in total. The average molecular weight is 642 g/mol. The van der Waals surface area contributed by atoms with Gasteiger partial charge in [0.05, 0.1) is 32.0 Å². The topological polar surface area (TPSA) is 165 Å². The van der Waals surface area contributed by atoms with E-state index in [4.69, 9.17) is 19.9 Å². The fourth-order valence-electron chi connectivity index (χ4n) is 8.92. The minimum absolute atomic E-state index is 0.0641. The largest absolute Gasteiger partial charge is 0.462 e. The number of carbonyl (C=O) groups is 2. The first-order chi connectivity index (χ1) is 21.5. The smallest absolute Gasteiger partial charge is 0.302 e. The van der Waals surface area contributed by atoms with E-state index in [2.05, 4.69) is 19.2 Å². The second-order valence-corrected chi connectivity index (χ2v) is 15.0. The number of nitrogens with two attached hydrogens (primary N) is 2. The van der Waals surface area contributed by atoms with E-state index in [-0.39, 0.29) is 67.7 Å². The zero-order chi connectivity index (χ0) is 32.9. The minimum atomic E-state index is -0.588. The highest BCUT2D eigenvalue weighted by Crippen LogP contribution is 2.43. The van der Waals surface area contributed by atoms with Gasteiger partial charge in [-0.3, -0.25) is 15.3 Å². The number of quaternary nitrogens is 1. The number of esters is 2. The predicted molar refractivity (Wildman–Crippen MR) is 172 cm³/mol. The van der Waals surface area contributed by atoms with E-state index in [1.807, 2.05) is 0 Å². The van der Waals surface area contributed by atoms with Gasteiger partial charge >= 0.3 is 11.9 Å². The highest BCUT2D eigenvalue weighted by Gasteiger charge is 2.43. The quantitative estimate of drug-likeness (QED) is 0.169. The van der Waals surface area contributed by atoms with Crippen molar-refractivity contribution in [2.75, 3.05) is 26.4 Å². The molecule has 11 atom stereocenters. The molecule has 3 fully saturated rings. The number of piperidine rings is 1. The standard InChI is InChI=1S/C35H64N2O8/c1-22(2)14-25-6-5-7-26(21-39)16-29(15-25)33(45-24(4)41)19-30(44-23(3)40)9-8-27-17-34(43-13-12-38)32(42)20-31(27)28-10-11-37-35(36)18-28/h22,25-35,37-39,42H,5-21,36H2,1-4H3/p+1/t25-,26+,27?,28?,29-,30-,31?,32?,33-,34?,35?/m1/s1. The summed E-state index contributed by atoms with van der Waals surface area (Å²) in [7, 11) is 0. The Labute approximate surface area is 271 Å². The van der Waals surface area contributed by atoms with Crippen LogP contribution in [-0.4, -0.2) is 84.2 Å². The first-order valence-corrected chi connectivity index (χ1v) is 17.9. The number of aliphatic hydroxyl groups is 3. The van der Waals surface area contributed by atoms with Gasteiger partial charge in [-0.2, -0.15) is 0 Å². The van der Waals surface area contributed by atoms with Crippen LogP contribution < -0.4 is 11.1 Å². The second kappa shape index (κ2) is 19.5. The van der Waals surface area contributed by atoms with Gasteiger partial charge in [-0.05, 0) is 99.2 Å². The van der Waals surface area contributed by atoms with E-state index in [1.165, 1.54) is 13.8 Å². The van der Waals surface area contributed by atoms with Crippen molar-refractivity contribution in [2.24, 2.45) is 47.2 Å². The van der Waals surface area contributed by atoms with Crippen molar-refractivity contribution in [1.82, 2.24) is 0 Å². The number of carbonyl (C=O) groups excluding carboxylic acids is 2. The SMILES string of the molecule is CC(=O)O[C@H](CCC1CC(OCCO)C(O)CC1C1CC[NH2+]C(N)C1)C[C@@H](OC(C)=O)[C@@H]1C[C@@H](CC(C)C)CCC[C@H](CO)C1. The zero-order valence-corrected chi connectivity index (χ0v) is 28.5. The van der Waals surface area contributed by atoms with Crippen molar-refractivity contribution in [1.29, 1.82) is 0 Å². The maximum atomic E-state index is 12.4. The fraction of sp³-hybridized carbons (Fsp3) is 0.943. The molecule has 0 amide bonds. The van der Waals surface area contributed by atoms with Crippen molar-refractivity contribution in [3.8, 4) is 0 Å². The van der Waals surface area contributed by atoms with E-state index in [0.717, 1.165) is 64.3 Å². The fourth-order valence-corrected chi connectivity index (χ4v) is 8.92. The van der Waals surface area contributed by atoms with Gasteiger partial charge in [-0.1, -0.05) is 26.7 Å². The molecular formula is C35H65N2O8+. The van der Waals surface area contributed by atoms with Crippen LogP contribution in [0.3, 0.4) is 0 Å². The Balaban J connectivity index is 1.80. The first-order valence-electron chi connectivity index (χ1n) is 17.9. The molecule has 1 heterocycles. The molecule has 10 nitrogen and oxygen atoms in total. The molecule has 262 valence electrons. The zero-order valence-electron chi connectivity index (χ0n) is 28.5. The van der Waals surface area contributed by atoms with Crippen molar-refractivity contribution >= 4 is 11.9 Å². The van der Waals surface area contributed by atoms with E-state index in [9.17, 15) is 24.9 Å². The first kappa shape index (κ1) is 38.2. The van der Waals surface area contributed by atoms with E-state index >= 15 is 0 Å². The van der Waals surface area contributed by atoms with Crippen LogP contribution in [-0.2, 0) is 23.8 Å². The summed E-state index contributed by atoms with van der Waals surface area (Å²) in [5.74, 6) is 1.62. The number of hydrogen-bond donors (Lipinski definition) is 5. The third kappa shape index (κ3) is 13.0. The summed E-state index contributed by atoms with van der Waals surface area (Å²) in [5.41, 5.74) is 6.34. The van der Waals surface area contributed by atoms with E-state index in [0.29, 0.717) is 43.4 Å². The van der Waals surface area contributed by atoms with E-state index < -0.39 is 18.3 Å². The van der Waals surface area contributed by atoms with E-state index in [1.54, 1.807) is 0 Å². The molecule has 3 rings (SSSR count). The van der Waals surface area contributed by atoms with Crippen LogP contribution in [0.5, 0.6) is 0 Å². The van der Waals surface area contributed by atoms with Crippen LogP contribution in [0, 0.1) is 41.4 Å². The van der Waals surface area contributed by atoms with Crippen LogP contribution in [0.15, 0.2) is 0 Å². The second-order valence-electron chi connectivity index (χ2n) is 15.0. The van der Waals surface area contributed by atoms with Crippen LogP contribution in [0.25, 0.3) is 0 Å². The van der Waals surface area contributed by atoms with Gasteiger partial charge in [0.2, 0.25) is 0 Å². The lowest BCUT2D eigenvalue weighted by atomic mass is 9.66. The molecule has 0 aromatic carbocycles. The molecule has 0 aromatic heterocycles. The third-order valence-corrected chi connectivity index (χ3v) is 10.8. The monoisotopic (exact) mass is 641 g/mol. The molecule has 0 aromatic rings. The summed E-state index contributed by atoms with van der Waals surface area (Å²) in [4.78, 5) is 24.8. The van der Waals surface area contributed by atoms with Crippen LogP contribution >= 0.6 is 0 Å². The van der Waals surface area contributed by atoms with Crippen molar-refractivity contribution in [3.05, 3.63) is 0 Å². The molecule has 1 aliphatic heterocycles. The van der Waals surface area contributed by atoms with Crippen molar-refractivity contribution in [3.63, 3.8) is 0 Å². The van der Waals surface area contributed by atoms with Crippen LogP contribution in [0.2, 0.25) is 0 Å². The van der Waals surface area contributed by atoms with Crippen molar-refractivity contribution < 1.29 is 44.4 Å². The number of aliphatic hydroxyl groups excluding tert-OH is 3. The number of rotatable bonds is 15. The summed E-state index contributed by atoms with van der Waals surface area (Å²) in [6.45, 7) is 8.59. The normalized spacial score (nSPS) is 34.4. The molecule has 6 unspecified atom stereocenters. The maximum Gasteiger partial charge on any atom is 0.302 e. The van der Waals surface area contributed by atoms with Crippen LogP contribution in [0.1, 0.15) is 111 Å². The molecule has 45 heavy (non-hydrogen) atoms. The van der Waals surface area contributed by atoms with Crippen LogP contribution in [0.4, 0.5) is 0 Å². The Bertz CT molecular complexity index is 875. The highest BCUT2D eigenvalue weighted by molar-refractivity contribution is 5.66. The summed E-state index contributed by atoms with van der Waals surface area (Å²) < 4.78 is 17.8. The molecule has 0 radical (unpaired) electrons. The molecule has 10 heteroatoms. The van der Waals surface area contributed by atoms with Gasteiger partial charge in [0.15, 0.2) is 0 Å². The van der Waals surface area contributed by atoms with Gasteiger partial charge in [0.1, 0.15) is 18.4 Å². The van der Waals surface area contributed by atoms with Gasteiger partial charge in [-0.15, -0.1) is 0 Å². The lowest BCUT2D eigenvalue weighted by Gasteiger charge is -2.44. The Kier molecular flexibility index (Phi) is 16.5. The number of ether oxygens (including phenoxy) is 3. The maximum absolute atomic E-state index is 12.4. The van der Waals surface area contributed by atoms with Crippen molar-refractivity contribution in [2.45, 2.75) is 142 Å². The Hall–Kier alpha value is -1.30. The highest BCUT2D eigenvalue weighted by atomic mass is 16.6. The average Bonchev–Trinajstić information content (AvgIpc) is 2.95. The molecule has 0 bridgehead atoms. The van der Waals surface area contributed by atoms with Gasteiger partial charge in [0, 0.05) is 33.3 Å². The Morgan fingerprint density at radius 1 is 0.956 bits per heavy atom. The molecule has 2 aliphatic carbocycles. The lowest BCUT2D eigenvalue weighted by molar-refractivity contribution is -0.699. The molecular weight excluding hydrogens is 576 g/mol. The summed E-state index contributed by atoms with van der Waals surface area (Å²) in [6, 6.07) is 0. The summed E-state index contributed by atoms with van der Waals surface area (Å²) >= 11 is 0. The van der Waals surface area contributed by atoms with Gasteiger partial charge in [-0.25, -0.2) is 0 Å². The Morgan fingerprint density at radius 2 is 1.67 bits per heavy atom. The summed E-state index contributed by atoms with van der Waals surface area (Å²) in [6.07, 6.45) is 9.48. The van der Waals surface area contributed by atoms with Gasteiger partial charge < -0.3 is 34.8 Å².